The average Bonchev–Trinajstić information content (AvgIpc) is 2.71. The average molecular weight is 376 g/mol. The Bertz CT molecular complexity index is 907. The molecule has 3 aromatic rings. The number of benzene rings is 3. The van der Waals surface area contributed by atoms with Crippen LogP contribution in [0.4, 0.5) is 0 Å². The van der Waals surface area contributed by atoms with Gasteiger partial charge in [0.25, 0.3) is 0 Å². The molecule has 0 spiro atoms. The van der Waals surface area contributed by atoms with E-state index in [1.807, 2.05) is 48.5 Å². The molecule has 0 aromatic heterocycles. The Morgan fingerprint density at radius 1 is 0.786 bits per heavy atom. The van der Waals surface area contributed by atoms with E-state index < -0.39 is 0 Å². The number of nitrogens with one attached hydrogen (secondary N) is 1. The fraction of sp³-hybridized carbons (Fsp3) is 0.360. The summed E-state index contributed by atoms with van der Waals surface area (Å²) in [5, 5.41) is 6.78. The Morgan fingerprint density at radius 3 is 2.00 bits per heavy atom. The van der Waals surface area contributed by atoms with Crippen LogP contribution in [0.3, 0.4) is 0 Å². The summed E-state index contributed by atoms with van der Waals surface area (Å²) in [4.78, 5) is 25.3. The van der Waals surface area contributed by atoms with Crippen LogP contribution in [0, 0.1) is 0 Å². The van der Waals surface area contributed by atoms with Crippen LogP contribution in [0.5, 0.6) is 0 Å². The zero-order valence-electron chi connectivity index (χ0n) is 16.7. The Kier molecular flexibility index (Phi) is 7.18. The molecule has 28 heavy (non-hydrogen) atoms. The first-order chi connectivity index (χ1) is 13.7. The molecular formula is C25H29NO2. The number of amides is 1. The first-order valence-corrected chi connectivity index (χ1v) is 10.4. The van der Waals surface area contributed by atoms with Crippen LogP contribution < -0.4 is 5.32 Å². The van der Waals surface area contributed by atoms with E-state index in [1.165, 1.54) is 25.7 Å². The molecule has 0 radical (unpaired) electrons. The van der Waals surface area contributed by atoms with Crippen LogP contribution in [0.1, 0.15) is 62.2 Å². The number of rotatable bonds is 10. The lowest BCUT2D eigenvalue weighted by Crippen LogP contribution is -2.26. The third-order valence-corrected chi connectivity index (χ3v) is 5.22. The van der Waals surface area contributed by atoms with Crippen molar-refractivity contribution in [2.75, 3.05) is 6.54 Å². The highest BCUT2D eigenvalue weighted by Gasteiger charge is 2.17. The maximum atomic E-state index is 13.0. The van der Waals surface area contributed by atoms with Crippen molar-refractivity contribution in [1.82, 2.24) is 5.32 Å². The molecule has 0 heterocycles. The van der Waals surface area contributed by atoms with E-state index in [4.69, 9.17) is 0 Å². The van der Waals surface area contributed by atoms with Gasteiger partial charge in [-0.2, -0.15) is 0 Å². The summed E-state index contributed by atoms with van der Waals surface area (Å²) in [6.45, 7) is 2.85. The van der Waals surface area contributed by atoms with E-state index >= 15 is 0 Å². The standard InChI is InChI=1S/C25H29NO2/c1-2-3-4-5-6-11-16-26-24(28)18-23(27)25-21-14-9-7-12-19(21)17-20-13-8-10-15-22(20)25/h7-10,12-15,17H,2-6,11,16,18H2,1H3,(H,26,28). The summed E-state index contributed by atoms with van der Waals surface area (Å²) in [5.74, 6) is -0.302. The minimum atomic E-state index is -0.185. The van der Waals surface area contributed by atoms with E-state index in [2.05, 4.69) is 18.3 Å². The number of unbranched alkanes of at least 4 members (excludes halogenated alkanes) is 5. The van der Waals surface area contributed by atoms with E-state index in [-0.39, 0.29) is 18.1 Å². The highest BCUT2D eigenvalue weighted by Crippen LogP contribution is 2.29. The van der Waals surface area contributed by atoms with Gasteiger partial charge in [0.15, 0.2) is 5.78 Å². The quantitative estimate of drug-likeness (QED) is 0.203. The van der Waals surface area contributed by atoms with Gasteiger partial charge in [-0.15, -0.1) is 0 Å². The van der Waals surface area contributed by atoms with Gasteiger partial charge in [0, 0.05) is 12.1 Å². The van der Waals surface area contributed by atoms with Gasteiger partial charge in [-0.1, -0.05) is 87.6 Å². The first-order valence-electron chi connectivity index (χ1n) is 10.4. The molecule has 1 N–H and O–H groups in total. The van der Waals surface area contributed by atoms with Crippen LogP contribution in [-0.2, 0) is 4.79 Å². The summed E-state index contributed by atoms with van der Waals surface area (Å²) in [6.07, 6.45) is 6.99. The number of hydrogen-bond donors (Lipinski definition) is 1. The number of fused-ring (bicyclic) bond motifs is 2. The lowest BCUT2D eigenvalue weighted by Gasteiger charge is -2.11. The minimum Gasteiger partial charge on any atom is -0.356 e. The van der Waals surface area contributed by atoms with Crippen molar-refractivity contribution in [3.63, 3.8) is 0 Å². The van der Waals surface area contributed by atoms with Gasteiger partial charge in [-0.3, -0.25) is 9.59 Å². The normalized spacial score (nSPS) is 11.0. The Labute approximate surface area is 167 Å². The molecular weight excluding hydrogens is 346 g/mol. The molecule has 1 amide bonds. The predicted molar refractivity (Wildman–Crippen MR) is 117 cm³/mol. The van der Waals surface area contributed by atoms with Gasteiger partial charge >= 0.3 is 0 Å². The van der Waals surface area contributed by atoms with E-state index in [0.29, 0.717) is 12.1 Å². The van der Waals surface area contributed by atoms with Crippen molar-refractivity contribution in [3.05, 3.63) is 60.2 Å². The molecule has 3 aromatic carbocycles. The van der Waals surface area contributed by atoms with Gasteiger partial charge in [0.1, 0.15) is 0 Å². The maximum absolute atomic E-state index is 13.0. The van der Waals surface area contributed by atoms with Crippen LogP contribution in [0.25, 0.3) is 21.5 Å². The number of hydrogen-bond acceptors (Lipinski definition) is 2. The minimum absolute atomic E-state index is 0.103. The largest absolute Gasteiger partial charge is 0.356 e. The van der Waals surface area contributed by atoms with Crippen molar-refractivity contribution >= 4 is 33.2 Å². The summed E-state index contributed by atoms with van der Waals surface area (Å²) in [5.41, 5.74) is 0.656. The monoisotopic (exact) mass is 375 g/mol. The summed E-state index contributed by atoms with van der Waals surface area (Å²) < 4.78 is 0. The van der Waals surface area contributed by atoms with Gasteiger partial charge in [-0.25, -0.2) is 0 Å². The summed E-state index contributed by atoms with van der Waals surface area (Å²) >= 11 is 0. The second kappa shape index (κ2) is 10.0. The van der Waals surface area contributed by atoms with Crippen molar-refractivity contribution in [1.29, 1.82) is 0 Å². The highest BCUT2D eigenvalue weighted by atomic mass is 16.2. The molecule has 0 aliphatic carbocycles. The van der Waals surface area contributed by atoms with Crippen molar-refractivity contribution in [2.45, 2.75) is 51.9 Å². The van der Waals surface area contributed by atoms with E-state index in [9.17, 15) is 9.59 Å². The Hall–Kier alpha value is -2.68. The number of ketones is 1. The smallest absolute Gasteiger partial charge is 0.227 e. The summed E-state index contributed by atoms with van der Waals surface area (Å²) in [7, 11) is 0. The molecule has 3 nitrogen and oxygen atoms in total. The van der Waals surface area contributed by atoms with Crippen LogP contribution >= 0.6 is 0 Å². The lowest BCUT2D eigenvalue weighted by molar-refractivity contribution is -0.120. The molecule has 0 aliphatic rings. The van der Waals surface area contributed by atoms with E-state index in [1.54, 1.807) is 0 Å². The second-order valence-corrected chi connectivity index (χ2v) is 7.41. The topological polar surface area (TPSA) is 46.2 Å². The van der Waals surface area contributed by atoms with Gasteiger partial charge in [0.05, 0.1) is 6.42 Å². The summed E-state index contributed by atoms with van der Waals surface area (Å²) in [6, 6.07) is 17.9. The third kappa shape index (κ3) is 4.98. The van der Waals surface area contributed by atoms with Crippen LogP contribution in [-0.4, -0.2) is 18.2 Å². The molecule has 0 atom stereocenters. The zero-order chi connectivity index (χ0) is 19.8. The van der Waals surface area contributed by atoms with E-state index in [0.717, 1.165) is 34.4 Å². The number of carbonyl (C=O) groups excluding carboxylic acids is 2. The Balaban J connectivity index is 1.67. The fourth-order valence-electron chi connectivity index (χ4n) is 3.74. The second-order valence-electron chi connectivity index (χ2n) is 7.41. The first kappa shape index (κ1) is 20.1. The van der Waals surface area contributed by atoms with Crippen molar-refractivity contribution in [3.8, 4) is 0 Å². The van der Waals surface area contributed by atoms with Crippen LogP contribution in [0.2, 0.25) is 0 Å². The molecule has 146 valence electrons. The SMILES string of the molecule is CCCCCCCCNC(=O)CC(=O)c1c2ccccc2cc2ccccc12. The maximum Gasteiger partial charge on any atom is 0.227 e. The fourth-order valence-corrected chi connectivity index (χ4v) is 3.74. The molecule has 0 saturated heterocycles. The van der Waals surface area contributed by atoms with Gasteiger partial charge in [-0.05, 0) is 34.0 Å². The molecule has 0 saturated carbocycles. The Morgan fingerprint density at radius 2 is 1.36 bits per heavy atom. The molecule has 3 heteroatoms. The molecule has 0 bridgehead atoms. The predicted octanol–water partition coefficient (Wildman–Crippen LogP) is 6.04. The molecule has 0 unspecified atom stereocenters. The molecule has 0 aliphatic heterocycles. The molecule has 0 fully saturated rings. The molecule has 3 rings (SSSR count). The van der Waals surface area contributed by atoms with Crippen molar-refractivity contribution in [2.24, 2.45) is 0 Å². The van der Waals surface area contributed by atoms with Gasteiger partial charge in [0.2, 0.25) is 5.91 Å². The van der Waals surface area contributed by atoms with Crippen LogP contribution in [0.15, 0.2) is 54.6 Å². The number of Topliss-reactive ketones (excluding diaryl/α,β-unsaturated/α-hetero) is 1. The van der Waals surface area contributed by atoms with Crippen molar-refractivity contribution < 1.29 is 9.59 Å². The number of carbonyl (C=O) groups is 2. The third-order valence-electron chi connectivity index (χ3n) is 5.22. The lowest BCUT2D eigenvalue weighted by atomic mass is 9.93. The zero-order valence-corrected chi connectivity index (χ0v) is 16.7. The van der Waals surface area contributed by atoms with Gasteiger partial charge < -0.3 is 5.32 Å². The highest BCUT2D eigenvalue weighted by molar-refractivity contribution is 6.22.